The van der Waals surface area contributed by atoms with Gasteiger partial charge in [0.15, 0.2) is 0 Å². The molecule has 5 nitrogen and oxygen atoms in total. The third-order valence-corrected chi connectivity index (χ3v) is 5.63. The number of rotatable bonds is 7. The number of benzene rings is 2. The highest BCUT2D eigenvalue weighted by Gasteiger charge is 2.25. The number of aryl methyl sites for hydroxylation is 1. The standard InChI is InChI=1S/C20H20ClNO4S/c1-4-26-20(23)13-14-22(16(3)17-7-9-18(21)10-8-17)27(24,25)19-11-5-15(2)6-12-19/h5-14H,3-4H2,1-2H3/b14-13+. The number of nitrogens with zero attached hydrogens (tertiary/aromatic N) is 1. The van der Waals surface area contributed by atoms with Crippen LogP contribution in [0.25, 0.3) is 5.70 Å². The molecule has 0 aromatic heterocycles. The van der Waals surface area contributed by atoms with Gasteiger partial charge < -0.3 is 4.74 Å². The predicted molar refractivity (Wildman–Crippen MR) is 106 cm³/mol. The zero-order valence-electron chi connectivity index (χ0n) is 15.1. The summed E-state index contributed by atoms with van der Waals surface area (Å²) in [5.41, 5.74) is 1.65. The van der Waals surface area contributed by atoms with Crippen LogP contribution in [0.2, 0.25) is 5.02 Å². The summed E-state index contributed by atoms with van der Waals surface area (Å²) in [4.78, 5) is 11.8. The van der Waals surface area contributed by atoms with Gasteiger partial charge in [-0.25, -0.2) is 17.5 Å². The van der Waals surface area contributed by atoms with Crippen molar-refractivity contribution in [3.05, 3.63) is 83.5 Å². The Morgan fingerprint density at radius 2 is 1.74 bits per heavy atom. The number of hydrogen-bond acceptors (Lipinski definition) is 4. The number of sulfonamides is 1. The van der Waals surface area contributed by atoms with Gasteiger partial charge in [-0.1, -0.05) is 48.0 Å². The van der Waals surface area contributed by atoms with Crippen molar-refractivity contribution in [1.29, 1.82) is 0 Å². The van der Waals surface area contributed by atoms with Crippen LogP contribution in [-0.4, -0.2) is 25.3 Å². The van der Waals surface area contributed by atoms with E-state index < -0.39 is 16.0 Å². The Bertz CT molecular complexity index is 948. The van der Waals surface area contributed by atoms with Crippen LogP contribution >= 0.6 is 11.6 Å². The Morgan fingerprint density at radius 1 is 1.15 bits per heavy atom. The van der Waals surface area contributed by atoms with Gasteiger partial charge in [0.05, 0.1) is 17.2 Å². The minimum absolute atomic E-state index is 0.0803. The quantitative estimate of drug-likeness (QED) is 0.506. The van der Waals surface area contributed by atoms with Gasteiger partial charge in [0, 0.05) is 17.3 Å². The van der Waals surface area contributed by atoms with E-state index >= 15 is 0 Å². The number of esters is 1. The van der Waals surface area contributed by atoms with Crippen LogP contribution < -0.4 is 0 Å². The average Bonchev–Trinajstić information content (AvgIpc) is 2.62. The molecule has 0 spiro atoms. The Morgan fingerprint density at radius 3 is 2.30 bits per heavy atom. The highest BCUT2D eigenvalue weighted by Crippen LogP contribution is 2.27. The molecule has 0 bridgehead atoms. The molecule has 0 atom stereocenters. The Kier molecular flexibility index (Phi) is 6.82. The van der Waals surface area contributed by atoms with Gasteiger partial charge in [-0.3, -0.25) is 0 Å². The van der Waals surface area contributed by atoms with E-state index in [2.05, 4.69) is 6.58 Å². The van der Waals surface area contributed by atoms with Crippen LogP contribution in [0.1, 0.15) is 18.1 Å². The molecule has 142 valence electrons. The normalized spacial score (nSPS) is 11.4. The topological polar surface area (TPSA) is 63.7 Å². The molecule has 0 unspecified atom stereocenters. The number of hydrogen-bond donors (Lipinski definition) is 0. The second-order valence-corrected chi connectivity index (χ2v) is 7.89. The van der Waals surface area contributed by atoms with Crippen LogP contribution in [0.4, 0.5) is 0 Å². The molecule has 0 N–H and O–H groups in total. The highest BCUT2D eigenvalue weighted by molar-refractivity contribution is 7.89. The Hall–Kier alpha value is -2.57. The van der Waals surface area contributed by atoms with Gasteiger partial charge in [0.25, 0.3) is 10.0 Å². The summed E-state index contributed by atoms with van der Waals surface area (Å²) in [7, 11) is -3.98. The van der Waals surface area contributed by atoms with Crippen molar-refractivity contribution in [3.8, 4) is 0 Å². The van der Waals surface area contributed by atoms with Gasteiger partial charge in [-0.2, -0.15) is 0 Å². The lowest BCUT2D eigenvalue weighted by molar-refractivity contribution is -0.137. The maximum atomic E-state index is 13.1. The van der Waals surface area contributed by atoms with E-state index in [1.807, 2.05) is 6.92 Å². The minimum atomic E-state index is -3.98. The lowest BCUT2D eigenvalue weighted by Crippen LogP contribution is -2.25. The lowest BCUT2D eigenvalue weighted by atomic mass is 10.2. The molecule has 27 heavy (non-hydrogen) atoms. The maximum absolute atomic E-state index is 13.1. The van der Waals surface area contributed by atoms with Crippen molar-refractivity contribution < 1.29 is 17.9 Å². The first-order valence-corrected chi connectivity index (χ1v) is 9.98. The summed E-state index contributed by atoms with van der Waals surface area (Å²) in [5.74, 6) is -0.648. The fraction of sp³-hybridized carbons (Fsp3) is 0.150. The maximum Gasteiger partial charge on any atom is 0.332 e. The third-order valence-electron chi connectivity index (χ3n) is 3.65. The zero-order valence-corrected chi connectivity index (χ0v) is 16.6. The summed E-state index contributed by atoms with van der Waals surface area (Å²) in [6.07, 6.45) is 2.19. The van der Waals surface area contributed by atoms with Crippen molar-refractivity contribution in [3.63, 3.8) is 0 Å². The van der Waals surface area contributed by atoms with Gasteiger partial charge in [0.2, 0.25) is 0 Å². The second-order valence-electron chi connectivity index (χ2n) is 5.64. The van der Waals surface area contributed by atoms with Crippen molar-refractivity contribution in [1.82, 2.24) is 4.31 Å². The van der Waals surface area contributed by atoms with E-state index in [1.54, 1.807) is 43.3 Å². The molecule has 0 aliphatic rings. The highest BCUT2D eigenvalue weighted by atomic mass is 35.5. The Labute approximate surface area is 164 Å². The zero-order chi connectivity index (χ0) is 20.0. The molecule has 0 radical (unpaired) electrons. The van der Waals surface area contributed by atoms with E-state index in [0.717, 1.165) is 22.1 Å². The summed E-state index contributed by atoms with van der Waals surface area (Å²) in [6.45, 7) is 7.60. The van der Waals surface area contributed by atoms with Crippen LogP contribution in [-0.2, 0) is 19.6 Å². The van der Waals surface area contributed by atoms with Crippen LogP contribution in [0.15, 0.2) is 72.3 Å². The smallest absolute Gasteiger partial charge is 0.332 e. The number of carbonyl (C=O) groups is 1. The van der Waals surface area contributed by atoms with E-state index in [1.165, 1.54) is 12.1 Å². The molecule has 0 fully saturated rings. The summed E-state index contributed by atoms with van der Waals surface area (Å²) >= 11 is 5.90. The molecule has 2 aromatic rings. The Balaban J connectivity index is 2.48. The van der Waals surface area contributed by atoms with Crippen LogP contribution in [0.5, 0.6) is 0 Å². The first kappa shape index (κ1) is 20.7. The van der Waals surface area contributed by atoms with Gasteiger partial charge >= 0.3 is 5.97 Å². The van der Waals surface area contributed by atoms with Crippen LogP contribution in [0.3, 0.4) is 0 Å². The number of ether oxygens (including phenoxy) is 1. The molecule has 2 rings (SSSR count). The van der Waals surface area contributed by atoms with Gasteiger partial charge in [0.1, 0.15) is 0 Å². The van der Waals surface area contributed by atoms with Crippen molar-refractivity contribution in [2.45, 2.75) is 18.7 Å². The first-order chi connectivity index (χ1) is 12.8. The molecular formula is C20H20ClNO4S. The fourth-order valence-corrected chi connectivity index (χ4v) is 3.68. The van der Waals surface area contributed by atoms with Crippen molar-refractivity contribution >= 4 is 33.3 Å². The molecule has 0 saturated carbocycles. The van der Waals surface area contributed by atoms with E-state index in [0.29, 0.717) is 10.6 Å². The third kappa shape index (κ3) is 5.21. The van der Waals surface area contributed by atoms with Crippen LogP contribution in [0, 0.1) is 6.92 Å². The summed E-state index contributed by atoms with van der Waals surface area (Å²) < 4.78 is 32.1. The molecule has 0 saturated heterocycles. The van der Waals surface area contributed by atoms with E-state index in [9.17, 15) is 13.2 Å². The largest absolute Gasteiger partial charge is 0.463 e. The van der Waals surface area contributed by atoms with Gasteiger partial charge in [-0.15, -0.1) is 0 Å². The molecule has 0 aliphatic heterocycles. The molecule has 0 heterocycles. The summed E-state index contributed by atoms with van der Waals surface area (Å²) in [5, 5.41) is 0.515. The molecular weight excluding hydrogens is 386 g/mol. The molecule has 0 aliphatic carbocycles. The summed E-state index contributed by atoms with van der Waals surface area (Å²) in [6, 6.07) is 13.0. The molecule has 0 amide bonds. The van der Waals surface area contributed by atoms with Crippen molar-refractivity contribution in [2.75, 3.05) is 6.61 Å². The lowest BCUT2D eigenvalue weighted by Gasteiger charge is -2.23. The SMILES string of the molecule is C=C(c1ccc(Cl)cc1)N(/C=C/C(=O)OCC)S(=O)(=O)c1ccc(C)cc1. The molecule has 7 heteroatoms. The van der Waals surface area contributed by atoms with E-state index in [4.69, 9.17) is 16.3 Å². The molecule has 2 aromatic carbocycles. The fourth-order valence-electron chi connectivity index (χ4n) is 2.23. The number of carbonyl (C=O) groups excluding carboxylic acids is 1. The predicted octanol–water partition coefficient (Wildman–Crippen LogP) is 4.39. The van der Waals surface area contributed by atoms with Gasteiger partial charge in [-0.05, 0) is 43.7 Å². The first-order valence-electron chi connectivity index (χ1n) is 8.16. The minimum Gasteiger partial charge on any atom is -0.463 e. The monoisotopic (exact) mass is 405 g/mol. The second kappa shape index (κ2) is 8.88. The van der Waals surface area contributed by atoms with E-state index in [-0.39, 0.29) is 17.2 Å². The van der Waals surface area contributed by atoms with Crippen molar-refractivity contribution in [2.24, 2.45) is 0 Å². The number of halogens is 1. The average molecular weight is 406 g/mol.